The lowest BCUT2D eigenvalue weighted by Crippen LogP contribution is -2.15. The third-order valence-corrected chi connectivity index (χ3v) is 5.87. The first-order valence-electron chi connectivity index (χ1n) is 12.5. The number of H-pyrrole nitrogens is 4. The number of carbonyl (C=O) groups excluding carboxylic acids is 2. The number of rotatable bonds is 8. The molecular weight excluding hydrogens is 656 g/mol. The number of carbonyl (C=O) groups is 2. The van der Waals surface area contributed by atoms with Crippen LogP contribution >= 0.6 is 24.4 Å². The highest BCUT2D eigenvalue weighted by atomic mass is 32.1. The molecule has 0 aliphatic carbocycles. The van der Waals surface area contributed by atoms with Crippen molar-refractivity contribution in [1.29, 1.82) is 0 Å². The molecule has 0 aliphatic rings. The zero-order valence-corrected chi connectivity index (χ0v) is 24.9. The monoisotopic (exact) mass is 676 g/mol. The van der Waals surface area contributed by atoms with Crippen LogP contribution in [0, 0.1) is 29.8 Å². The van der Waals surface area contributed by atoms with E-state index < -0.39 is 61.5 Å². The largest absolute Gasteiger partial charge is 0.504 e. The molecule has 0 aliphatic heterocycles. The fourth-order valence-electron chi connectivity index (χ4n) is 3.39. The molecule has 0 unspecified atom stereocenters. The minimum Gasteiger partial charge on any atom is -0.504 e. The highest BCUT2D eigenvalue weighted by Crippen LogP contribution is 2.41. The van der Waals surface area contributed by atoms with Gasteiger partial charge >= 0.3 is 23.3 Å². The van der Waals surface area contributed by atoms with Gasteiger partial charge in [-0.15, -0.1) is 0 Å². The maximum Gasteiger partial charge on any atom is 0.316 e. The number of nitrogens with one attached hydrogen (secondary N) is 4. The Labute approximate surface area is 264 Å². The number of ether oxygens (including phenoxy) is 2. The van der Waals surface area contributed by atoms with Crippen LogP contribution in [0.2, 0.25) is 0 Å². The van der Waals surface area contributed by atoms with Crippen molar-refractivity contribution in [2.24, 2.45) is 0 Å². The van der Waals surface area contributed by atoms with Gasteiger partial charge in [-0.1, -0.05) is 13.8 Å². The number of benzene rings is 2. The number of aromatic amines is 4. The first kappa shape index (κ1) is 34.3. The molecule has 2 aromatic carbocycles. The highest BCUT2D eigenvalue weighted by molar-refractivity contribution is 7.71. The molecule has 0 atom stereocenters. The molecule has 0 saturated carbocycles. The first-order valence-corrected chi connectivity index (χ1v) is 13.3. The minimum absolute atomic E-state index is 0.00810. The number of nitrogens with zero attached hydrogens (tertiary/aromatic N) is 4. The fraction of sp³-hybridized carbons (Fsp3) is 0.167. The lowest BCUT2D eigenvalue weighted by atomic mass is 10.1. The smallest absolute Gasteiger partial charge is 0.316 e. The summed E-state index contributed by atoms with van der Waals surface area (Å²) < 4.78 is 10.0. The number of phenolic OH excluding ortho intramolecular Hbond substituents is 2. The second kappa shape index (κ2) is 14.5. The molecule has 20 nitrogen and oxygen atoms in total. The second-order valence-electron chi connectivity index (χ2n) is 8.57. The summed E-state index contributed by atoms with van der Waals surface area (Å²) in [6.45, 7) is 3.01. The molecule has 0 fully saturated rings. The highest BCUT2D eigenvalue weighted by Gasteiger charge is 2.27. The van der Waals surface area contributed by atoms with Gasteiger partial charge in [0.2, 0.25) is 5.75 Å². The van der Waals surface area contributed by atoms with Gasteiger partial charge in [-0.25, -0.2) is 0 Å². The molecule has 4 rings (SSSR count). The van der Waals surface area contributed by atoms with Crippen LogP contribution in [-0.2, 0) is 9.59 Å². The Morgan fingerprint density at radius 1 is 0.804 bits per heavy atom. The number of aromatic nitrogens is 6. The Morgan fingerprint density at radius 3 is 1.72 bits per heavy atom. The molecule has 0 amide bonds. The molecule has 0 saturated heterocycles. The number of aromatic hydroxyl groups is 2. The van der Waals surface area contributed by atoms with Gasteiger partial charge in [-0.3, -0.25) is 59.6 Å². The summed E-state index contributed by atoms with van der Waals surface area (Å²) in [5.74, 6) is -4.00. The number of esters is 2. The van der Waals surface area contributed by atoms with E-state index in [4.69, 9.17) is 21.7 Å². The van der Waals surface area contributed by atoms with E-state index in [-0.39, 0.29) is 50.6 Å². The summed E-state index contributed by atoms with van der Waals surface area (Å²) in [5.41, 5.74) is -3.29. The zero-order chi connectivity index (χ0) is 34.3. The summed E-state index contributed by atoms with van der Waals surface area (Å²) in [6, 6.07) is 4.03. The SMILES string of the molecule is CCC(=O)Oc1cc(-c2n[nH]c(=S)[nH]c2=O)cc([N+](=O)[O-])c1OC(=O)CC.O=c1[nH]c(=S)[nH]nc1-c1cc(O)c(O)c([N+](=O)[O-])c1. The van der Waals surface area contributed by atoms with E-state index in [1.807, 2.05) is 0 Å². The third-order valence-electron chi connectivity index (χ3n) is 5.49. The Morgan fingerprint density at radius 2 is 1.26 bits per heavy atom. The van der Waals surface area contributed by atoms with Crippen LogP contribution < -0.4 is 20.6 Å². The van der Waals surface area contributed by atoms with E-state index in [0.29, 0.717) is 0 Å². The minimum atomic E-state index is -0.891. The second-order valence-corrected chi connectivity index (χ2v) is 9.38. The summed E-state index contributed by atoms with van der Waals surface area (Å²) in [5, 5.41) is 53.0. The average molecular weight is 677 g/mol. The van der Waals surface area contributed by atoms with Crippen molar-refractivity contribution in [3.05, 3.63) is 74.7 Å². The Balaban J connectivity index is 0.000000266. The molecule has 6 N–H and O–H groups in total. The summed E-state index contributed by atoms with van der Waals surface area (Å²) in [4.78, 5) is 72.0. The van der Waals surface area contributed by atoms with Crippen LogP contribution in [0.1, 0.15) is 26.7 Å². The Hall–Kier alpha value is -6.16. The summed E-state index contributed by atoms with van der Waals surface area (Å²) in [6.07, 6.45) is -0.0903. The predicted octanol–water partition coefficient (Wildman–Crippen LogP) is 2.85. The van der Waals surface area contributed by atoms with E-state index in [2.05, 4.69) is 42.6 Å². The van der Waals surface area contributed by atoms with Crippen LogP contribution in [0.25, 0.3) is 22.5 Å². The van der Waals surface area contributed by atoms with Crippen molar-refractivity contribution >= 4 is 47.7 Å². The Kier molecular flexibility index (Phi) is 10.9. The number of hydrogen-bond acceptors (Lipinski definition) is 16. The van der Waals surface area contributed by atoms with Gasteiger partial charge in [0.15, 0.2) is 32.4 Å². The van der Waals surface area contributed by atoms with Crippen molar-refractivity contribution in [2.75, 3.05) is 0 Å². The van der Waals surface area contributed by atoms with Crippen LogP contribution in [-0.4, -0.2) is 62.4 Å². The van der Waals surface area contributed by atoms with E-state index >= 15 is 0 Å². The molecule has 0 radical (unpaired) electrons. The number of nitro groups is 2. The zero-order valence-electron chi connectivity index (χ0n) is 23.3. The van der Waals surface area contributed by atoms with Crippen molar-refractivity contribution in [3.8, 4) is 45.5 Å². The van der Waals surface area contributed by atoms with Gasteiger partial charge in [0.1, 0.15) is 0 Å². The fourth-order valence-corrected chi connectivity index (χ4v) is 3.66. The van der Waals surface area contributed by atoms with Crippen molar-refractivity contribution < 1.29 is 39.1 Å². The third kappa shape index (κ3) is 8.06. The van der Waals surface area contributed by atoms with E-state index in [9.17, 15) is 49.6 Å². The van der Waals surface area contributed by atoms with E-state index in [1.54, 1.807) is 0 Å². The molecule has 4 aromatic rings. The van der Waals surface area contributed by atoms with Crippen LogP contribution in [0.4, 0.5) is 11.4 Å². The quantitative estimate of drug-likeness (QED) is 0.0390. The molecule has 0 bridgehead atoms. The van der Waals surface area contributed by atoms with Crippen LogP contribution in [0.5, 0.6) is 23.0 Å². The van der Waals surface area contributed by atoms with Crippen LogP contribution in [0.3, 0.4) is 0 Å². The molecule has 22 heteroatoms. The number of hydrogen-bond donors (Lipinski definition) is 6. The molecule has 46 heavy (non-hydrogen) atoms. The maximum atomic E-state index is 12.1. The van der Waals surface area contributed by atoms with E-state index in [1.165, 1.54) is 13.8 Å². The van der Waals surface area contributed by atoms with Gasteiger partial charge < -0.3 is 19.7 Å². The number of nitro benzene ring substituents is 2. The van der Waals surface area contributed by atoms with Gasteiger partial charge in [-0.05, 0) is 36.6 Å². The lowest BCUT2D eigenvalue weighted by Gasteiger charge is -2.12. The molecular formula is C24H20N8O12S2. The normalized spacial score (nSPS) is 10.3. The predicted molar refractivity (Wildman–Crippen MR) is 159 cm³/mol. The van der Waals surface area contributed by atoms with Gasteiger partial charge in [0.25, 0.3) is 16.9 Å². The van der Waals surface area contributed by atoms with Crippen molar-refractivity contribution in [1.82, 2.24) is 30.4 Å². The molecule has 2 heterocycles. The van der Waals surface area contributed by atoms with E-state index in [0.717, 1.165) is 24.3 Å². The Bertz CT molecular complexity index is 2100. The first-order chi connectivity index (χ1) is 21.7. The maximum absolute atomic E-state index is 12.1. The van der Waals surface area contributed by atoms with Crippen molar-refractivity contribution in [3.63, 3.8) is 0 Å². The lowest BCUT2D eigenvalue weighted by molar-refractivity contribution is -0.386. The van der Waals surface area contributed by atoms with Crippen molar-refractivity contribution in [2.45, 2.75) is 26.7 Å². The topological polar surface area (TPSA) is 302 Å². The number of phenols is 2. The molecule has 240 valence electrons. The van der Waals surface area contributed by atoms with Gasteiger partial charge in [-0.2, -0.15) is 10.2 Å². The average Bonchev–Trinajstić information content (AvgIpc) is 2.99. The van der Waals surface area contributed by atoms with Gasteiger partial charge in [0.05, 0.1) is 9.85 Å². The van der Waals surface area contributed by atoms with Gasteiger partial charge in [0, 0.05) is 36.1 Å². The standard InChI is InChI=1S/C15H14N4O7S.C9H6N4O5S/c1-3-10(20)25-9-6-7(12-14(22)16-15(27)18-17-12)5-8(19(23)24)13(9)26-11(21)4-2;14-5-2-3(1-4(7(5)15)13(17)18)6-8(16)10-9(19)12-11-6/h5-6H,3-4H2,1-2H3,(H2,16,18,22,27);1-2,14-15H,(H2,10,12,16,19). The van der Waals surface area contributed by atoms with Crippen LogP contribution in [0.15, 0.2) is 33.9 Å². The molecule has 2 aromatic heterocycles. The molecule has 0 spiro atoms. The summed E-state index contributed by atoms with van der Waals surface area (Å²) >= 11 is 9.40. The summed E-state index contributed by atoms with van der Waals surface area (Å²) in [7, 11) is 0.